The molecule has 0 fully saturated rings. The number of hydrogen-bond donors (Lipinski definition) is 1. The second kappa shape index (κ2) is 7.40. The summed E-state index contributed by atoms with van der Waals surface area (Å²) in [5.74, 6) is -0.697. The van der Waals surface area contributed by atoms with Gasteiger partial charge in [-0.2, -0.15) is 0 Å². The Labute approximate surface area is 116 Å². The summed E-state index contributed by atoms with van der Waals surface area (Å²) >= 11 is 0. The highest BCUT2D eigenvalue weighted by Gasteiger charge is 2.21. The Morgan fingerprint density at radius 2 is 2.25 bits per heavy atom. The third-order valence-corrected chi connectivity index (χ3v) is 2.72. The van der Waals surface area contributed by atoms with Crippen molar-refractivity contribution in [3.63, 3.8) is 0 Å². The predicted octanol–water partition coefficient (Wildman–Crippen LogP) is 2.53. The van der Waals surface area contributed by atoms with Gasteiger partial charge in [0.1, 0.15) is 6.10 Å². The van der Waals surface area contributed by atoms with Crippen LogP contribution in [-0.2, 0) is 9.53 Å². The van der Waals surface area contributed by atoms with E-state index >= 15 is 0 Å². The van der Waals surface area contributed by atoms with E-state index in [-0.39, 0.29) is 23.4 Å². The molecule has 0 heterocycles. The summed E-state index contributed by atoms with van der Waals surface area (Å²) in [5, 5.41) is 20.7. The summed E-state index contributed by atoms with van der Waals surface area (Å²) in [7, 11) is 0. The third-order valence-electron chi connectivity index (χ3n) is 2.72. The molecule has 0 bridgehead atoms. The zero-order chi connectivity index (χ0) is 15.1. The zero-order valence-corrected chi connectivity index (χ0v) is 11.2. The monoisotopic (exact) mass is 279 g/mol. The fourth-order valence-corrected chi connectivity index (χ4v) is 1.52. The maximum Gasteiger partial charge on any atom is 0.336 e. The lowest BCUT2D eigenvalue weighted by Gasteiger charge is -2.13. The van der Waals surface area contributed by atoms with Gasteiger partial charge in [-0.25, -0.2) is 4.79 Å². The van der Waals surface area contributed by atoms with E-state index in [0.29, 0.717) is 0 Å². The van der Waals surface area contributed by atoms with E-state index in [9.17, 15) is 20.0 Å². The number of carbonyl (C=O) groups excluding carboxylic acids is 1. The Balaban J connectivity index is 2.76. The van der Waals surface area contributed by atoms with Crippen LogP contribution >= 0.6 is 0 Å². The second-order valence-corrected chi connectivity index (χ2v) is 4.27. The van der Waals surface area contributed by atoms with Gasteiger partial charge in [-0.3, -0.25) is 10.1 Å². The van der Waals surface area contributed by atoms with Crippen LogP contribution in [0.1, 0.15) is 31.4 Å². The first-order valence-electron chi connectivity index (χ1n) is 6.25. The van der Waals surface area contributed by atoms with Gasteiger partial charge in [-0.1, -0.05) is 32.1 Å². The van der Waals surface area contributed by atoms with Gasteiger partial charge in [0.05, 0.1) is 17.1 Å². The van der Waals surface area contributed by atoms with E-state index in [2.05, 4.69) is 6.58 Å². The summed E-state index contributed by atoms with van der Waals surface area (Å²) in [5.41, 5.74) is -0.0630. The minimum Gasteiger partial charge on any atom is -0.462 e. The number of ether oxygens (including phenoxy) is 1. The largest absolute Gasteiger partial charge is 0.462 e. The predicted molar refractivity (Wildman–Crippen MR) is 73.1 cm³/mol. The quantitative estimate of drug-likeness (QED) is 0.272. The fourth-order valence-electron chi connectivity index (χ4n) is 1.52. The van der Waals surface area contributed by atoms with Crippen LogP contribution in [0, 0.1) is 10.1 Å². The van der Waals surface area contributed by atoms with Crippen molar-refractivity contribution in [1.29, 1.82) is 0 Å². The Morgan fingerprint density at radius 3 is 2.85 bits per heavy atom. The lowest BCUT2D eigenvalue weighted by molar-refractivity contribution is -0.385. The van der Waals surface area contributed by atoms with E-state index in [0.717, 1.165) is 12.8 Å². The van der Waals surface area contributed by atoms with E-state index in [4.69, 9.17) is 4.74 Å². The van der Waals surface area contributed by atoms with Gasteiger partial charge in [0, 0.05) is 12.1 Å². The normalized spacial score (nSPS) is 11.7. The van der Waals surface area contributed by atoms with E-state index < -0.39 is 17.0 Å². The molecule has 1 atom stereocenters. The zero-order valence-electron chi connectivity index (χ0n) is 11.2. The van der Waals surface area contributed by atoms with Gasteiger partial charge in [-0.05, 0) is 12.0 Å². The highest BCUT2D eigenvalue weighted by Crippen LogP contribution is 2.24. The minimum atomic E-state index is -1.32. The van der Waals surface area contributed by atoms with Crippen molar-refractivity contribution in [2.45, 2.75) is 25.9 Å². The first-order valence-corrected chi connectivity index (χ1v) is 6.25. The van der Waals surface area contributed by atoms with Crippen LogP contribution in [0.3, 0.4) is 0 Å². The standard InChI is InChI=1S/C14H17NO5/c1-3-4-8-20-14(17)10(2)13(16)11-6-5-7-12(9-11)15(18)19/h5-7,9,13,16H,2-4,8H2,1H3/t13-/m1/s1. The maximum absolute atomic E-state index is 11.6. The van der Waals surface area contributed by atoms with Crippen molar-refractivity contribution in [2.24, 2.45) is 0 Å². The molecule has 0 aromatic heterocycles. The molecule has 0 radical (unpaired) electrons. The highest BCUT2D eigenvalue weighted by molar-refractivity contribution is 5.89. The van der Waals surface area contributed by atoms with Gasteiger partial charge < -0.3 is 9.84 Å². The van der Waals surface area contributed by atoms with Crippen LogP contribution in [0.15, 0.2) is 36.4 Å². The molecule has 6 nitrogen and oxygen atoms in total. The number of esters is 1. The average molecular weight is 279 g/mol. The molecule has 1 N–H and O–H groups in total. The number of nitro benzene ring substituents is 1. The second-order valence-electron chi connectivity index (χ2n) is 4.27. The Morgan fingerprint density at radius 1 is 1.55 bits per heavy atom. The number of aliphatic hydroxyl groups excluding tert-OH is 1. The van der Waals surface area contributed by atoms with Crippen LogP contribution in [0.4, 0.5) is 5.69 Å². The van der Waals surface area contributed by atoms with Crippen LogP contribution in [0.25, 0.3) is 0 Å². The van der Waals surface area contributed by atoms with Crippen molar-refractivity contribution in [1.82, 2.24) is 0 Å². The van der Waals surface area contributed by atoms with Crippen molar-refractivity contribution in [3.8, 4) is 0 Å². The lowest BCUT2D eigenvalue weighted by Crippen LogP contribution is -2.14. The minimum absolute atomic E-state index is 0.137. The number of benzene rings is 1. The first kappa shape index (κ1) is 15.8. The molecule has 20 heavy (non-hydrogen) atoms. The topological polar surface area (TPSA) is 89.7 Å². The maximum atomic E-state index is 11.6. The molecule has 0 spiro atoms. The van der Waals surface area contributed by atoms with Gasteiger partial charge in [0.2, 0.25) is 0 Å². The van der Waals surface area contributed by atoms with Crippen molar-refractivity contribution < 1.29 is 19.6 Å². The number of rotatable bonds is 7. The number of non-ortho nitro benzene ring substituents is 1. The molecule has 6 heteroatoms. The SMILES string of the molecule is C=C(C(=O)OCCCC)[C@@H](O)c1cccc([N+](=O)[O-])c1. The molecule has 1 rings (SSSR count). The van der Waals surface area contributed by atoms with E-state index in [1.165, 1.54) is 24.3 Å². The number of hydrogen-bond acceptors (Lipinski definition) is 5. The molecular weight excluding hydrogens is 262 g/mol. The van der Waals surface area contributed by atoms with Crippen LogP contribution in [-0.4, -0.2) is 22.6 Å². The van der Waals surface area contributed by atoms with Crippen LogP contribution in [0.5, 0.6) is 0 Å². The van der Waals surface area contributed by atoms with Gasteiger partial charge in [0.15, 0.2) is 0 Å². The van der Waals surface area contributed by atoms with Crippen molar-refractivity contribution >= 4 is 11.7 Å². The number of unbranched alkanes of at least 4 members (excludes halogenated alkanes) is 1. The number of nitrogens with zero attached hydrogens (tertiary/aromatic N) is 1. The molecular formula is C14H17NO5. The lowest BCUT2D eigenvalue weighted by atomic mass is 10.0. The van der Waals surface area contributed by atoms with E-state index in [1.54, 1.807) is 0 Å². The Bertz CT molecular complexity index is 512. The fraction of sp³-hybridized carbons (Fsp3) is 0.357. The van der Waals surface area contributed by atoms with Crippen LogP contribution in [0.2, 0.25) is 0 Å². The molecule has 1 aromatic rings. The van der Waals surface area contributed by atoms with Crippen molar-refractivity contribution in [3.05, 3.63) is 52.1 Å². The van der Waals surface area contributed by atoms with Gasteiger partial charge >= 0.3 is 5.97 Å². The van der Waals surface area contributed by atoms with Crippen LogP contribution < -0.4 is 0 Å². The van der Waals surface area contributed by atoms with E-state index in [1.807, 2.05) is 6.92 Å². The number of carbonyl (C=O) groups is 1. The summed E-state index contributed by atoms with van der Waals surface area (Å²) in [4.78, 5) is 21.7. The summed E-state index contributed by atoms with van der Waals surface area (Å²) in [6.45, 7) is 5.71. The summed E-state index contributed by atoms with van der Waals surface area (Å²) in [6.07, 6.45) is 0.295. The molecule has 108 valence electrons. The average Bonchev–Trinajstić information content (AvgIpc) is 2.45. The van der Waals surface area contributed by atoms with Gasteiger partial charge in [-0.15, -0.1) is 0 Å². The highest BCUT2D eigenvalue weighted by atomic mass is 16.6. The van der Waals surface area contributed by atoms with Gasteiger partial charge in [0.25, 0.3) is 5.69 Å². The molecule has 0 amide bonds. The molecule has 1 aromatic carbocycles. The number of aliphatic hydroxyl groups is 1. The third kappa shape index (κ3) is 4.17. The molecule has 0 aliphatic rings. The first-order chi connectivity index (χ1) is 9.47. The van der Waals surface area contributed by atoms with Crippen molar-refractivity contribution in [2.75, 3.05) is 6.61 Å². The Hall–Kier alpha value is -2.21. The summed E-state index contributed by atoms with van der Waals surface area (Å²) in [6, 6.07) is 5.43. The molecule has 0 saturated heterocycles. The molecule has 0 aliphatic carbocycles. The Kier molecular flexibility index (Phi) is 5.86. The molecule has 0 aliphatic heterocycles. The molecule has 0 unspecified atom stereocenters. The summed E-state index contributed by atoms with van der Waals surface area (Å²) < 4.78 is 4.93. The smallest absolute Gasteiger partial charge is 0.336 e. The number of nitro groups is 1. The molecule has 0 saturated carbocycles.